The van der Waals surface area contributed by atoms with Gasteiger partial charge in [0.2, 0.25) is 5.96 Å². The standard InChI is InChI=1S/C12H18BrN5/c1-2-3-8-16-12(18-11(14)15)17-10-6-4-9(13)5-7-10/h4-7H,2-3,8H2,1H3,(H5,14,15,16,17,18). The highest BCUT2D eigenvalue weighted by molar-refractivity contribution is 9.10. The van der Waals surface area contributed by atoms with Crippen LogP contribution in [0.25, 0.3) is 0 Å². The second-order valence-corrected chi connectivity index (χ2v) is 4.67. The zero-order valence-corrected chi connectivity index (χ0v) is 11.9. The van der Waals surface area contributed by atoms with Crippen LogP contribution in [0.5, 0.6) is 0 Å². The summed E-state index contributed by atoms with van der Waals surface area (Å²) < 4.78 is 1.00. The zero-order valence-electron chi connectivity index (χ0n) is 10.3. The van der Waals surface area contributed by atoms with Gasteiger partial charge in [-0.25, -0.2) is 4.99 Å². The Labute approximate surface area is 116 Å². The lowest BCUT2D eigenvalue weighted by Gasteiger charge is -2.10. The van der Waals surface area contributed by atoms with E-state index in [-0.39, 0.29) is 5.96 Å². The Morgan fingerprint density at radius 1 is 1.39 bits per heavy atom. The summed E-state index contributed by atoms with van der Waals surface area (Å²) in [4.78, 5) is 4.36. The summed E-state index contributed by atoms with van der Waals surface area (Å²) in [5.41, 5.74) is 6.12. The van der Waals surface area contributed by atoms with Crippen LogP contribution in [-0.4, -0.2) is 18.5 Å². The first kappa shape index (κ1) is 14.5. The van der Waals surface area contributed by atoms with Crippen LogP contribution >= 0.6 is 15.9 Å². The van der Waals surface area contributed by atoms with E-state index < -0.39 is 0 Å². The molecule has 5 N–H and O–H groups in total. The Bertz CT molecular complexity index is 413. The van der Waals surface area contributed by atoms with Crippen LogP contribution in [0.1, 0.15) is 19.8 Å². The predicted molar refractivity (Wildman–Crippen MR) is 79.2 cm³/mol. The van der Waals surface area contributed by atoms with Crippen molar-refractivity contribution in [1.82, 2.24) is 10.6 Å². The first-order valence-electron chi connectivity index (χ1n) is 5.81. The molecule has 0 unspecified atom stereocenters. The molecule has 0 aliphatic rings. The number of nitrogens with one attached hydrogen (secondary N) is 3. The van der Waals surface area contributed by atoms with Crippen molar-refractivity contribution in [3.05, 3.63) is 28.7 Å². The van der Waals surface area contributed by atoms with Gasteiger partial charge in [0.15, 0.2) is 5.96 Å². The molecule has 0 aliphatic carbocycles. The fraction of sp³-hybridized carbons (Fsp3) is 0.333. The number of guanidine groups is 2. The van der Waals surface area contributed by atoms with Crippen molar-refractivity contribution < 1.29 is 0 Å². The minimum Gasteiger partial charge on any atom is -0.370 e. The Balaban J connectivity index is 2.73. The van der Waals surface area contributed by atoms with Crippen LogP contribution in [-0.2, 0) is 0 Å². The topological polar surface area (TPSA) is 86.3 Å². The second-order valence-electron chi connectivity index (χ2n) is 3.76. The molecule has 0 fully saturated rings. The number of hydrogen-bond acceptors (Lipinski definition) is 2. The molecule has 18 heavy (non-hydrogen) atoms. The number of aliphatic imine (C=N–C) groups is 1. The van der Waals surface area contributed by atoms with Crippen LogP contribution in [0.2, 0.25) is 0 Å². The maximum Gasteiger partial charge on any atom is 0.203 e. The van der Waals surface area contributed by atoms with Crippen LogP contribution in [0, 0.1) is 5.41 Å². The van der Waals surface area contributed by atoms with Gasteiger partial charge in [-0.05, 0) is 30.7 Å². The monoisotopic (exact) mass is 311 g/mol. The third kappa shape index (κ3) is 5.67. The van der Waals surface area contributed by atoms with Gasteiger partial charge in [-0.15, -0.1) is 0 Å². The molecule has 0 aliphatic heterocycles. The molecule has 0 heterocycles. The molecule has 98 valence electrons. The molecular weight excluding hydrogens is 294 g/mol. The third-order valence-electron chi connectivity index (χ3n) is 2.14. The van der Waals surface area contributed by atoms with E-state index in [1.807, 2.05) is 24.3 Å². The summed E-state index contributed by atoms with van der Waals surface area (Å²) in [5.74, 6) is 0.369. The van der Waals surface area contributed by atoms with Gasteiger partial charge >= 0.3 is 0 Å². The highest BCUT2D eigenvalue weighted by Gasteiger charge is 2.00. The van der Waals surface area contributed by atoms with Crippen molar-refractivity contribution in [3.8, 4) is 0 Å². The molecule has 0 saturated heterocycles. The summed E-state index contributed by atoms with van der Waals surface area (Å²) in [5, 5.41) is 13.1. The lowest BCUT2D eigenvalue weighted by molar-refractivity contribution is 0.746. The van der Waals surface area contributed by atoms with E-state index in [0.717, 1.165) is 29.5 Å². The molecule has 0 amide bonds. The SMILES string of the molecule is CCCCN/C(=N\c1ccc(Br)cc1)NC(=N)N. The summed E-state index contributed by atoms with van der Waals surface area (Å²) in [6, 6.07) is 7.59. The molecule has 0 spiro atoms. The average Bonchev–Trinajstić information content (AvgIpc) is 2.31. The van der Waals surface area contributed by atoms with Crippen molar-refractivity contribution in [2.45, 2.75) is 19.8 Å². The number of rotatable bonds is 4. The van der Waals surface area contributed by atoms with Gasteiger partial charge in [0, 0.05) is 11.0 Å². The van der Waals surface area contributed by atoms with E-state index in [0.29, 0.717) is 5.96 Å². The van der Waals surface area contributed by atoms with Gasteiger partial charge in [0.25, 0.3) is 0 Å². The average molecular weight is 312 g/mol. The number of halogens is 1. The lowest BCUT2D eigenvalue weighted by atomic mass is 10.3. The number of nitrogens with two attached hydrogens (primary N) is 1. The number of nitrogens with zero attached hydrogens (tertiary/aromatic N) is 1. The quantitative estimate of drug-likeness (QED) is 0.391. The molecule has 1 aromatic carbocycles. The molecule has 5 nitrogen and oxygen atoms in total. The molecule has 0 radical (unpaired) electrons. The summed E-state index contributed by atoms with van der Waals surface area (Å²) in [7, 11) is 0. The van der Waals surface area contributed by atoms with Gasteiger partial charge in [-0.1, -0.05) is 29.3 Å². The zero-order chi connectivity index (χ0) is 13.4. The number of benzene rings is 1. The van der Waals surface area contributed by atoms with Crippen molar-refractivity contribution >= 4 is 33.5 Å². The summed E-state index contributed by atoms with van der Waals surface area (Å²) in [6.07, 6.45) is 2.14. The fourth-order valence-electron chi connectivity index (χ4n) is 1.27. The second kappa shape index (κ2) is 7.71. The van der Waals surface area contributed by atoms with E-state index in [1.165, 1.54) is 0 Å². The minimum absolute atomic E-state index is 0.130. The maximum absolute atomic E-state index is 7.24. The van der Waals surface area contributed by atoms with E-state index in [9.17, 15) is 0 Å². The summed E-state index contributed by atoms with van der Waals surface area (Å²) in [6.45, 7) is 2.91. The Hall–Kier alpha value is -1.56. The van der Waals surface area contributed by atoms with E-state index in [4.69, 9.17) is 11.1 Å². The van der Waals surface area contributed by atoms with Crippen molar-refractivity contribution in [3.63, 3.8) is 0 Å². The van der Waals surface area contributed by atoms with Gasteiger partial charge in [0.05, 0.1) is 5.69 Å². The van der Waals surface area contributed by atoms with Gasteiger partial charge in [0.1, 0.15) is 0 Å². The molecule has 1 rings (SSSR count). The highest BCUT2D eigenvalue weighted by Crippen LogP contribution is 2.16. The maximum atomic E-state index is 7.24. The first-order valence-corrected chi connectivity index (χ1v) is 6.60. The molecule has 6 heteroatoms. The number of unbranched alkanes of at least 4 members (excludes halogenated alkanes) is 1. The lowest BCUT2D eigenvalue weighted by Crippen LogP contribution is -2.44. The van der Waals surface area contributed by atoms with Crippen LogP contribution in [0.3, 0.4) is 0 Å². The molecule has 0 aromatic heterocycles. The highest BCUT2D eigenvalue weighted by atomic mass is 79.9. The van der Waals surface area contributed by atoms with Gasteiger partial charge in [-0.3, -0.25) is 10.7 Å². The van der Waals surface area contributed by atoms with E-state index in [1.54, 1.807) is 0 Å². The fourth-order valence-corrected chi connectivity index (χ4v) is 1.53. The normalized spacial score (nSPS) is 11.1. The van der Waals surface area contributed by atoms with Crippen molar-refractivity contribution in [2.24, 2.45) is 10.7 Å². The molecule has 0 saturated carbocycles. The molecule has 0 bridgehead atoms. The number of hydrogen-bond donors (Lipinski definition) is 4. The first-order chi connectivity index (χ1) is 8.61. The van der Waals surface area contributed by atoms with Crippen molar-refractivity contribution in [2.75, 3.05) is 6.54 Å². The summed E-state index contributed by atoms with van der Waals surface area (Å²) >= 11 is 3.37. The molecular formula is C12H18BrN5. The Morgan fingerprint density at radius 3 is 2.61 bits per heavy atom. The van der Waals surface area contributed by atoms with E-state index >= 15 is 0 Å². The molecule has 0 atom stereocenters. The van der Waals surface area contributed by atoms with Gasteiger partial charge in [-0.2, -0.15) is 0 Å². The van der Waals surface area contributed by atoms with Crippen LogP contribution < -0.4 is 16.4 Å². The third-order valence-corrected chi connectivity index (χ3v) is 2.67. The molecule has 1 aromatic rings. The largest absolute Gasteiger partial charge is 0.370 e. The van der Waals surface area contributed by atoms with Crippen molar-refractivity contribution in [1.29, 1.82) is 5.41 Å². The van der Waals surface area contributed by atoms with E-state index in [2.05, 4.69) is 38.5 Å². The van der Waals surface area contributed by atoms with Crippen LogP contribution in [0.4, 0.5) is 5.69 Å². The predicted octanol–water partition coefficient (Wildman–Crippen LogP) is 2.31. The van der Waals surface area contributed by atoms with Crippen LogP contribution in [0.15, 0.2) is 33.7 Å². The van der Waals surface area contributed by atoms with Gasteiger partial charge < -0.3 is 11.1 Å². The Morgan fingerprint density at radius 2 is 2.06 bits per heavy atom. The minimum atomic E-state index is -0.130. The smallest absolute Gasteiger partial charge is 0.203 e. The Kier molecular flexibility index (Phi) is 6.21.